The number of thioether (sulfide) groups is 1. The average Bonchev–Trinajstić information content (AvgIpc) is 3.31. The zero-order chi connectivity index (χ0) is 18.4. The van der Waals surface area contributed by atoms with Crippen molar-refractivity contribution in [2.75, 3.05) is 0 Å². The van der Waals surface area contributed by atoms with Crippen LogP contribution in [-0.4, -0.2) is 24.7 Å². The van der Waals surface area contributed by atoms with Crippen LogP contribution in [0.3, 0.4) is 0 Å². The van der Waals surface area contributed by atoms with Gasteiger partial charge in [0.25, 0.3) is 5.56 Å². The van der Waals surface area contributed by atoms with E-state index >= 15 is 0 Å². The second-order valence-corrected chi connectivity index (χ2v) is 9.20. The third-order valence-electron chi connectivity index (χ3n) is 4.72. The van der Waals surface area contributed by atoms with Crippen molar-refractivity contribution < 1.29 is 0 Å². The van der Waals surface area contributed by atoms with Gasteiger partial charge in [0.2, 0.25) is 0 Å². The number of nitrogens with zero attached hydrogens (tertiary/aromatic N) is 4. The van der Waals surface area contributed by atoms with Gasteiger partial charge in [-0.25, -0.2) is 4.98 Å². The SMILES string of the molecule is C=CCn1c(SC(C)c2nc3sc(C)c(C)c3c(=O)[nH]2)nnc1C1CC1. The summed E-state index contributed by atoms with van der Waals surface area (Å²) in [4.78, 5) is 22.1. The predicted octanol–water partition coefficient (Wildman–Crippen LogP) is 4.11. The van der Waals surface area contributed by atoms with E-state index < -0.39 is 0 Å². The normalized spacial score (nSPS) is 15.5. The molecule has 6 nitrogen and oxygen atoms in total. The Hall–Kier alpha value is -1.93. The lowest BCUT2D eigenvalue weighted by molar-refractivity contribution is 0.679. The number of aryl methyl sites for hydroxylation is 2. The first-order valence-corrected chi connectivity index (χ1v) is 10.4. The lowest BCUT2D eigenvalue weighted by Gasteiger charge is -2.11. The van der Waals surface area contributed by atoms with Crippen LogP contribution in [0, 0.1) is 13.8 Å². The van der Waals surface area contributed by atoms with Crippen LogP contribution in [-0.2, 0) is 6.54 Å². The topological polar surface area (TPSA) is 76.5 Å². The smallest absolute Gasteiger partial charge is 0.259 e. The molecule has 3 heterocycles. The number of H-pyrrole nitrogens is 1. The van der Waals surface area contributed by atoms with Crippen LogP contribution < -0.4 is 5.56 Å². The molecule has 3 aromatic rings. The first kappa shape index (κ1) is 17.5. The molecular formula is C18H21N5OS2. The highest BCUT2D eigenvalue weighted by Gasteiger charge is 2.30. The zero-order valence-corrected chi connectivity index (χ0v) is 16.7. The second-order valence-electron chi connectivity index (χ2n) is 6.69. The molecule has 1 aliphatic carbocycles. The van der Waals surface area contributed by atoms with Gasteiger partial charge in [-0.15, -0.1) is 28.1 Å². The molecule has 1 atom stereocenters. The first-order valence-electron chi connectivity index (χ1n) is 8.70. The lowest BCUT2D eigenvalue weighted by Crippen LogP contribution is -2.13. The second kappa shape index (κ2) is 6.66. The van der Waals surface area contributed by atoms with Crippen molar-refractivity contribution in [1.29, 1.82) is 0 Å². The van der Waals surface area contributed by atoms with Crippen LogP contribution in [0.5, 0.6) is 0 Å². The summed E-state index contributed by atoms with van der Waals surface area (Å²) in [5.41, 5.74) is 0.955. The molecule has 0 amide bonds. The highest BCUT2D eigenvalue weighted by atomic mass is 32.2. The van der Waals surface area contributed by atoms with Gasteiger partial charge in [0.15, 0.2) is 5.16 Å². The molecule has 1 N–H and O–H groups in total. The maximum Gasteiger partial charge on any atom is 0.259 e. The molecule has 136 valence electrons. The molecule has 1 saturated carbocycles. The Morgan fingerprint density at radius 2 is 2.19 bits per heavy atom. The van der Waals surface area contributed by atoms with Crippen molar-refractivity contribution in [3.05, 3.63) is 45.1 Å². The van der Waals surface area contributed by atoms with Crippen molar-refractivity contribution in [2.24, 2.45) is 0 Å². The number of allylic oxidation sites excluding steroid dienone is 1. The van der Waals surface area contributed by atoms with Crippen LogP contribution in [0.2, 0.25) is 0 Å². The average molecular weight is 388 g/mol. The minimum atomic E-state index is -0.0643. The molecule has 0 bridgehead atoms. The summed E-state index contributed by atoms with van der Waals surface area (Å²) >= 11 is 3.14. The van der Waals surface area contributed by atoms with E-state index in [1.807, 2.05) is 26.8 Å². The number of rotatable bonds is 6. The lowest BCUT2D eigenvalue weighted by atomic mass is 10.2. The number of nitrogens with one attached hydrogen (secondary N) is 1. The van der Waals surface area contributed by atoms with Crippen LogP contribution in [0.1, 0.15) is 53.0 Å². The van der Waals surface area contributed by atoms with Gasteiger partial charge in [0, 0.05) is 17.3 Å². The van der Waals surface area contributed by atoms with Crippen molar-refractivity contribution in [3.63, 3.8) is 0 Å². The molecule has 0 saturated heterocycles. The fraction of sp³-hybridized carbons (Fsp3) is 0.444. The molecule has 0 radical (unpaired) electrons. The van der Waals surface area contributed by atoms with Crippen LogP contribution in [0.15, 0.2) is 22.6 Å². The van der Waals surface area contributed by atoms with E-state index in [-0.39, 0.29) is 10.8 Å². The molecule has 8 heteroatoms. The first-order chi connectivity index (χ1) is 12.5. The summed E-state index contributed by atoms with van der Waals surface area (Å²) in [6, 6.07) is 0. The summed E-state index contributed by atoms with van der Waals surface area (Å²) < 4.78 is 2.13. The summed E-state index contributed by atoms with van der Waals surface area (Å²) in [6.45, 7) is 10.6. The molecular weight excluding hydrogens is 366 g/mol. The van der Waals surface area contributed by atoms with Crippen molar-refractivity contribution >= 4 is 33.3 Å². The van der Waals surface area contributed by atoms with E-state index in [1.54, 1.807) is 23.1 Å². The van der Waals surface area contributed by atoms with Gasteiger partial charge in [0.05, 0.1) is 10.6 Å². The van der Waals surface area contributed by atoms with Gasteiger partial charge >= 0.3 is 0 Å². The Kier molecular flexibility index (Phi) is 4.48. The predicted molar refractivity (Wildman–Crippen MR) is 106 cm³/mol. The highest BCUT2D eigenvalue weighted by Crippen LogP contribution is 2.41. The molecule has 1 aliphatic rings. The largest absolute Gasteiger partial charge is 0.309 e. The van der Waals surface area contributed by atoms with E-state index in [4.69, 9.17) is 4.98 Å². The zero-order valence-electron chi connectivity index (χ0n) is 15.1. The Balaban J connectivity index is 1.66. The molecule has 4 rings (SSSR count). The molecule has 26 heavy (non-hydrogen) atoms. The third-order valence-corrected chi connectivity index (χ3v) is 6.92. The van der Waals surface area contributed by atoms with Gasteiger partial charge < -0.3 is 9.55 Å². The Morgan fingerprint density at radius 3 is 2.88 bits per heavy atom. The number of fused-ring (bicyclic) bond motifs is 1. The molecule has 1 unspecified atom stereocenters. The Labute approximate surface area is 159 Å². The third kappa shape index (κ3) is 3.01. The van der Waals surface area contributed by atoms with Crippen LogP contribution in [0.25, 0.3) is 10.2 Å². The van der Waals surface area contributed by atoms with Gasteiger partial charge in [-0.3, -0.25) is 4.79 Å². The van der Waals surface area contributed by atoms with Gasteiger partial charge in [0.1, 0.15) is 16.5 Å². The summed E-state index contributed by atoms with van der Waals surface area (Å²) in [5, 5.41) is 10.3. The van der Waals surface area contributed by atoms with Crippen molar-refractivity contribution in [2.45, 2.75) is 56.5 Å². The number of aromatic amines is 1. The van der Waals surface area contributed by atoms with E-state index in [0.717, 1.165) is 26.3 Å². The van der Waals surface area contributed by atoms with E-state index in [9.17, 15) is 4.79 Å². The van der Waals surface area contributed by atoms with Crippen LogP contribution >= 0.6 is 23.1 Å². The summed E-state index contributed by atoms with van der Waals surface area (Å²) in [7, 11) is 0. The number of hydrogen-bond donors (Lipinski definition) is 1. The Bertz CT molecular complexity index is 1040. The molecule has 0 aliphatic heterocycles. The summed E-state index contributed by atoms with van der Waals surface area (Å²) in [5.74, 6) is 2.24. The molecule has 0 aromatic carbocycles. The Morgan fingerprint density at radius 1 is 1.42 bits per heavy atom. The quantitative estimate of drug-likeness (QED) is 0.509. The number of thiophene rings is 1. The van der Waals surface area contributed by atoms with Gasteiger partial charge in [-0.1, -0.05) is 17.8 Å². The maximum atomic E-state index is 12.5. The van der Waals surface area contributed by atoms with Crippen molar-refractivity contribution in [3.8, 4) is 0 Å². The maximum absolute atomic E-state index is 12.5. The van der Waals surface area contributed by atoms with E-state index in [0.29, 0.717) is 23.7 Å². The van der Waals surface area contributed by atoms with Crippen molar-refractivity contribution in [1.82, 2.24) is 24.7 Å². The fourth-order valence-corrected chi connectivity index (χ4v) is 4.97. The highest BCUT2D eigenvalue weighted by molar-refractivity contribution is 7.99. The molecule has 3 aromatic heterocycles. The minimum absolute atomic E-state index is 0.0327. The molecule has 0 spiro atoms. The van der Waals surface area contributed by atoms with Gasteiger partial charge in [-0.05, 0) is 39.2 Å². The molecule has 1 fully saturated rings. The summed E-state index contributed by atoms with van der Waals surface area (Å²) in [6.07, 6.45) is 4.23. The monoisotopic (exact) mass is 387 g/mol. The fourth-order valence-electron chi connectivity index (χ4n) is 3.01. The standard InChI is InChI=1S/C18H21N5OS2/c1-5-8-23-15(12-6-7-12)21-22-18(23)26-11(4)14-19-16(24)13-9(2)10(3)25-17(13)20-14/h5,11-12H,1,6-8H2,2-4H3,(H,19,20,24). The van der Waals surface area contributed by atoms with E-state index in [2.05, 4.69) is 26.3 Å². The van der Waals surface area contributed by atoms with Crippen LogP contribution in [0.4, 0.5) is 0 Å². The van der Waals surface area contributed by atoms with E-state index in [1.165, 1.54) is 12.8 Å². The minimum Gasteiger partial charge on any atom is -0.309 e. The van der Waals surface area contributed by atoms with Gasteiger partial charge in [-0.2, -0.15) is 0 Å². The number of hydrogen-bond acceptors (Lipinski definition) is 6. The number of aromatic nitrogens is 5.